The molecule has 1 aliphatic rings. The monoisotopic (exact) mass is 291 g/mol. The zero-order chi connectivity index (χ0) is 15.5. The number of rotatable bonds is 5. The van der Waals surface area contributed by atoms with Crippen LogP contribution in [0.2, 0.25) is 0 Å². The molecule has 0 saturated heterocycles. The molecule has 2 rings (SSSR count). The highest BCUT2D eigenvalue weighted by Gasteiger charge is 2.51. The lowest BCUT2D eigenvalue weighted by molar-refractivity contribution is -0.167. The van der Waals surface area contributed by atoms with E-state index in [-0.39, 0.29) is 13.0 Å². The minimum Gasteiger partial charge on any atom is -0.492 e. The molecule has 1 aromatic rings. The number of benzene rings is 1. The number of methoxy groups -OCH3 is 2. The predicted molar refractivity (Wildman–Crippen MR) is 76.7 cm³/mol. The van der Waals surface area contributed by atoms with Crippen molar-refractivity contribution in [1.29, 1.82) is 5.26 Å². The molecule has 114 valence electrons. The van der Waals surface area contributed by atoms with Gasteiger partial charge in [-0.05, 0) is 18.6 Å². The van der Waals surface area contributed by atoms with Gasteiger partial charge in [0.25, 0.3) is 0 Å². The van der Waals surface area contributed by atoms with E-state index < -0.39 is 17.3 Å². The van der Waals surface area contributed by atoms with Crippen molar-refractivity contribution in [2.75, 3.05) is 20.8 Å². The number of hydrogen-bond donors (Lipinski definition) is 1. The van der Waals surface area contributed by atoms with E-state index in [0.717, 1.165) is 11.3 Å². The van der Waals surface area contributed by atoms with Gasteiger partial charge in [0.2, 0.25) is 0 Å². The maximum Gasteiger partial charge on any atom is 0.159 e. The second-order valence-electron chi connectivity index (χ2n) is 5.65. The Morgan fingerprint density at radius 2 is 2.10 bits per heavy atom. The van der Waals surface area contributed by atoms with Crippen molar-refractivity contribution in [3.8, 4) is 11.8 Å². The predicted octanol–water partition coefficient (Wildman–Crippen LogP) is 1.89. The molecule has 5 nitrogen and oxygen atoms in total. The minimum atomic E-state index is -1.30. The van der Waals surface area contributed by atoms with Crippen molar-refractivity contribution in [2.24, 2.45) is 5.41 Å². The van der Waals surface area contributed by atoms with E-state index in [9.17, 15) is 10.4 Å². The highest BCUT2D eigenvalue weighted by molar-refractivity contribution is 5.38. The van der Waals surface area contributed by atoms with Crippen LogP contribution in [0.15, 0.2) is 24.3 Å². The van der Waals surface area contributed by atoms with Crippen LogP contribution >= 0.6 is 0 Å². The van der Waals surface area contributed by atoms with Gasteiger partial charge in [-0.1, -0.05) is 18.2 Å². The molecule has 1 heterocycles. The number of nitriles is 1. The number of nitrogens with zero attached hydrogens (tertiary/aromatic N) is 1. The van der Waals surface area contributed by atoms with Crippen molar-refractivity contribution in [3.63, 3.8) is 0 Å². The van der Waals surface area contributed by atoms with Gasteiger partial charge in [0.15, 0.2) is 6.29 Å². The lowest BCUT2D eigenvalue weighted by Gasteiger charge is -2.43. The number of ether oxygens (including phenoxy) is 3. The second-order valence-corrected chi connectivity index (χ2v) is 5.65. The third-order valence-electron chi connectivity index (χ3n) is 4.27. The average Bonchev–Trinajstić information content (AvgIpc) is 2.51. The smallest absolute Gasteiger partial charge is 0.159 e. The first-order valence-corrected chi connectivity index (χ1v) is 6.88. The quantitative estimate of drug-likeness (QED) is 0.839. The van der Waals surface area contributed by atoms with Crippen LogP contribution in [-0.2, 0) is 15.9 Å². The first kappa shape index (κ1) is 15.8. The van der Waals surface area contributed by atoms with Gasteiger partial charge in [0.1, 0.15) is 17.8 Å². The van der Waals surface area contributed by atoms with Gasteiger partial charge in [0.05, 0.1) is 11.7 Å². The number of hydrogen-bond acceptors (Lipinski definition) is 5. The molecule has 0 amide bonds. The summed E-state index contributed by atoms with van der Waals surface area (Å²) in [5.74, 6) is 0.772. The molecule has 0 radical (unpaired) electrons. The Morgan fingerprint density at radius 3 is 2.71 bits per heavy atom. The Hall–Kier alpha value is -1.61. The van der Waals surface area contributed by atoms with Gasteiger partial charge < -0.3 is 19.3 Å². The molecule has 0 fully saturated rings. The van der Waals surface area contributed by atoms with Crippen LogP contribution in [0.25, 0.3) is 0 Å². The van der Waals surface area contributed by atoms with Crippen LogP contribution in [-0.4, -0.2) is 37.8 Å². The summed E-state index contributed by atoms with van der Waals surface area (Å²) >= 11 is 0. The van der Waals surface area contributed by atoms with Crippen molar-refractivity contribution >= 4 is 0 Å². The van der Waals surface area contributed by atoms with Crippen molar-refractivity contribution in [2.45, 2.75) is 31.7 Å². The topological polar surface area (TPSA) is 71.7 Å². The van der Waals surface area contributed by atoms with E-state index in [1.165, 1.54) is 14.2 Å². The molecule has 2 unspecified atom stereocenters. The maximum atomic E-state index is 10.9. The molecule has 5 heteroatoms. The van der Waals surface area contributed by atoms with E-state index in [2.05, 4.69) is 6.07 Å². The Balaban J connectivity index is 2.29. The SMILES string of the molecule is COC(CC(C)(O)C1(C#N)COc2ccccc2C1)OC. The normalized spacial score (nSPS) is 23.8. The van der Waals surface area contributed by atoms with Crippen LogP contribution in [0, 0.1) is 16.7 Å². The van der Waals surface area contributed by atoms with E-state index in [4.69, 9.17) is 14.2 Å². The summed E-state index contributed by atoms with van der Waals surface area (Å²) in [5.41, 5.74) is -1.40. The standard InChI is InChI=1S/C16H21NO4/c1-15(18,9-14(19-2)20-3)16(10-17)8-12-6-4-5-7-13(12)21-11-16/h4-7,14,18H,8-9,11H2,1-3H3. The second kappa shape index (κ2) is 6.02. The fourth-order valence-corrected chi connectivity index (χ4v) is 2.69. The van der Waals surface area contributed by atoms with Gasteiger partial charge >= 0.3 is 0 Å². The first-order valence-electron chi connectivity index (χ1n) is 6.88. The van der Waals surface area contributed by atoms with Gasteiger partial charge in [-0.15, -0.1) is 0 Å². The molecular weight excluding hydrogens is 270 g/mol. The Labute approximate surface area is 125 Å². The van der Waals surface area contributed by atoms with Gasteiger partial charge in [-0.2, -0.15) is 5.26 Å². The first-order chi connectivity index (χ1) is 9.98. The largest absolute Gasteiger partial charge is 0.492 e. The van der Waals surface area contributed by atoms with E-state index >= 15 is 0 Å². The zero-order valence-corrected chi connectivity index (χ0v) is 12.6. The van der Waals surface area contributed by atoms with Crippen molar-refractivity contribution in [1.82, 2.24) is 0 Å². The van der Waals surface area contributed by atoms with Crippen LogP contribution in [0.4, 0.5) is 0 Å². The third-order valence-corrected chi connectivity index (χ3v) is 4.27. The average molecular weight is 291 g/mol. The fraction of sp³-hybridized carbons (Fsp3) is 0.562. The summed E-state index contributed by atoms with van der Waals surface area (Å²) < 4.78 is 16.0. The minimum absolute atomic E-state index is 0.146. The Morgan fingerprint density at radius 1 is 1.43 bits per heavy atom. The molecule has 0 spiro atoms. The summed E-state index contributed by atoms with van der Waals surface area (Å²) in [4.78, 5) is 0. The molecule has 0 aromatic heterocycles. The summed E-state index contributed by atoms with van der Waals surface area (Å²) in [6, 6.07) is 9.85. The van der Waals surface area contributed by atoms with Gasteiger partial charge in [-0.25, -0.2) is 0 Å². The summed E-state index contributed by atoms with van der Waals surface area (Å²) in [7, 11) is 3.02. The maximum absolute atomic E-state index is 10.9. The van der Waals surface area contributed by atoms with E-state index in [1.54, 1.807) is 6.92 Å². The van der Waals surface area contributed by atoms with Gasteiger partial charge in [-0.3, -0.25) is 0 Å². The zero-order valence-electron chi connectivity index (χ0n) is 12.6. The lowest BCUT2D eigenvalue weighted by Crippen LogP contribution is -2.53. The molecule has 0 saturated carbocycles. The fourth-order valence-electron chi connectivity index (χ4n) is 2.69. The third kappa shape index (κ3) is 2.88. The molecule has 1 aliphatic heterocycles. The molecule has 0 bridgehead atoms. The van der Waals surface area contributed by atoms with Crippen LogP contribution in [0.3, 0.4) is 0 Å². The van der Waals surface area contributed by atoms with E-state index in [0.29, 0.717) is 6.42 Å². The lowest BCUT2D eigenvalue weighted by atomic mass is 9.67. The molecule has 2 atom stereocenters. The summed E-state index contributed by atoms with van der Waals surface area (Å²) in [6.45, 7) is 1.78. The Bertz CT molecular complexity index is 533. The van der Waals surface area contributed by atoms with Gasteiger partial charge in [0, 0.05) is 27.1 Å². The highest BCUT2D eigenvalue weighted by atomic mass is 16.7. The van der Waals surface area contributed by atoms with Crippen LogP contribution in [0.1, 0.15) is 18.9 Å². The summed E-state index contributed by atoms with van der Waals surface area (Å²) in [5, 5.41) is 20.6. The molecular formula is C16H21NO4. The van der Waals surface area contributed by atoms with Crippen molar-refractivity contribution < 1.29 is 19.3 Å². The van der Waals surface area contributed by atoms with E-state index in [1.807, 2.05) is 24.3 Å². The molecule has 1 N–H and O–H groups in total. The highest BCUT2D eigenvalue weighted by Crippen LogP contribution is 2.43. The van der Waals surface area contributed by atoms with Crippen LogP contribution in [0.5, 0.6) is 5.75 Å². The molecule has 1 aromatic carbocycles. The number of aliphatic hydroxyl groups is 1. The summed E-state index contributed by atoms with van der Waals surface area (Å²) in [6.07, 6.45) is 0.0636. The molecule has 0 aliphatic carbocycles. The number of para-hydroxylation sites is 1. The van der Waals surface area contributed by atoms with Crippen molar-refractivity contribution in [3.05, 3.63) is 29.8 Å². The molecule has 21 heavy (non-hydrogen) atoms. The Kier molecular flexibility index (Phi) is 4.52. The number of fused-ring (bicyclic) bond motifs is 1. The van der Waals surface area contributed by atoms with Crippen LogP contribution < -0.4 is 4.74 Å².